The van der Waals surface area contributed by atoms with E-state index in [1.807, 2.05) is 11.3 Å². The lowest BCUT2D eigenvalue weighted by molar-refractivity contribution is 1.18. The van der Waals surface area contributed by atoms with Crippen molar-refractivity contribution in [1.29, 1.82) is 0 Å². The number of hydrogen-bond acceptors (Lipinski definition) is 2. The van der Waals surface area contributed by atoms with Crippen LogP contribution in [-0.2, 0) is 0 Å². The van der Waals surface area contributed by atoms with Crippen molar-refractivity contribution < 1.29 is 0 Å². The van der Waals surface area contributed by atoms with E-state index in [2.05, 4.69) is 228 Å². The van der Waals surface area contributed by atoms with Gasteiger partial charge in [-0.05, 0) is 82.9 Å². The predicted octanol–water partition coefficient (Wildman–Crippen LogP) is 15.6. The summed E-state index contributed by atoms with van der Waals surface area (Å²) in [5.74, 6) is 0. The molecule has 0 aliphatic heterocycles. The Morgan fingerprint density at radius 2 is 0.895 bits per heavy atom. The van der Waals surface area contributed by atoms with Crippen LogP contribution in [0.1, 0.15) is 0 Å². The summed E-state index contributed by atoms with van der Waals surface area (Å²) >= 11 is 1.86. The minimum Gasteiger partial charge on any atom is -0.310 e. The van der Waals surface area contributed by atoms with Crippen LogP contribution in [0.4, 0.5) is 17.1 Å². The van der Waals surface area contributed by atoms with Gasteiger partial charge in [-0.2, -0.15) is 0 Å². The van der Waals surface area contributed by atoms with Crippen molar-refractivity contribution in [3.63, 3.8) is 0 Å². The quantitative estimate of drug-likeness (QED) is 0.158. The van der Waals surface area contributed by atoms with Gasteiger partial charge in [0.2, 0.25) is 0 Å². The van der Waals surface area contributed by atoms with Gasteiger partial charge in [-0.25, -0.2) is 0 Å². The summed E-state index contributed by atoms with van der Waals surface area (Å²) in [6, 6.07) is 79.5. The Balaban J connectivity index is 1.14. The number of fused-ring (bicyclic) bond motifs is 6. The van der Waals surface area contributed by atoms with Crippen LogP contribution in [0.5, 0.6) is 0 Å². The Morgan fingerprint density at radius 1 is 0.333 bits per heavy atom. The molecule has 0 N–H and O–H groups in total. The number of thiophene rings is 1. The SMILES string of the molecule is c1ccc(-c2ccc(-c3cc(-c4ccccc4-n4c5ccccc5c5ccccc54)ccc3N(c3ccccc3)c3ccc4c(c3)sc3ccccc34)cc2)cc1. The fourth-order valence-corrected chi connectivity index (χ4v) is 9.69. The number of rotatable bonds is 7. The maximum atomic E-state index is 2.43. The van der Waals surface area contributed by atoms with E-state index in [4.69, 9.17) is 0 Å². The molecule has 0 fully saturated rings. The summed E-state index contributed by atoms with van der Waals surface area (Å²) in [7, 11) is 0. The number of nitrogens with zero attached hydrogens (tertiary/aromatic N) is 2. The zero-order valence-electron chi connectivity index (χ0n) is 31.1. The molecule has 2 heterocycles. The molecule has 9 aromatic carbocycles. The molecule has 0 saturated heterocycles. The average molecular weight is 745 g/mol. The summed E-state index contributed by atoms with van der Waals surface area (Å²) in [4.78, 5) is 2.42. The Morgan fingerprint density at radius 3 is 1.65 bits per heavy atom. The minimum absolute atomic E-state index is 1.11. The van der Waals surface area contributed by atoms with E-state index in [1.165, 1.54) is 58.7 Å². The monoisotopic (exact) mass is 744 g/mol. The molecule has 2 nitrogen and oxygen atoms in total. The van der Waals surface area contributed by atoms with Crippen LogP contribution >= 0.6 is 11.3 Å². The summed E-state index contributed by atoms with van der Waals surface area (Å²) in [5.41, 5.74) is 14.0. The van der Waals surface area contributed by atoms with Gasteiger partial charge in [-0.1, -0.05) is 158 Å². The smallest absolute Gasteiger partial charge is 0.0541 e. The molecule has 0 aliphatic carbocycles. The molecule has 2 aromatic heterocycles. The van der Waals surface area contributed by atoms with E-state index in [9.17, 15) is 0 Å². The molecule has 0 atom stereocenters. The van der Waals surface area contributed by atoms with Crippen molar-refractivity contribution >= 4 is 70.4 Å². The summed E-state index contributed by atoms with van der Waals surface area (Å²) in [5, 5.41) is 5.11. The lowest BCUT2D eigenvalue weighted by Crippen LogP contribution is -2.11. The van der Waals surface area contributed by atoms with Gasteiger partial charge in [0.15, 0.2) is 0 Å². The van der Waals surface area contributed by atoms with Gasteiger partial charge in [0, 0.05) is 53.4 Å². The van der Waals surface area contributed by atoms with Gasteiger partial charge < -0.3 is 9.47 Å². The fraction of sp³-hybridized carbons (Fsp3) is 0. The van der Waals surface area contributed by atoms with Gasteiger partial charge >= 0.3 is 0 Å². The Kier molecular flexibility index (Phi) is 8.04. The number of anilines is 3. The molecule has 11 rings (SSSR count). The maximum absolute atomic E-state index is 2.43. The predicted molar refractivity (Wildman–Crippen MR) is 245 cm³/mol. The first-order valence-corrected chi connectivity index (χ1v) is 20.2. The zero-order chi connectivity index (χ0) is 37.7. The van der Waals surface area contributed by atoms with Crippen LogP contribution in [0, 0.1) is 0 Å². The van der Waals surface area contributed by atoms with E-state index >= 15 is 0 Å². The molecule has 0 amide bonds. The fourth-order valence-electron chi connectivity index (χ4n) is 8.56. The van der Waals surface area contributed by atoms with Crippen molar-refractivity contribution in [2.45, 2.75) is 0 Å². The topological polar surface area (TPSA) is 8.17 Å². The lowest BCUT2D eigenvalue weighted by atomic mass is 9.94. The number of aromatic nitrogens is 1. The Labute approximate surface area is 335 Å². The molecule has 57 heavy (non-hydrogen) atoms. The lowest BCUT2D eigenvalue weighted by Gasteiger charge is -2.28. The van der Waals surface area contributed by atoms with Crippen LogP contribution in [0.2, 0.25) is 0 Å². The normalized spacial score (nSPS) is 11.5. The first-order valence-electron chi connectivity index (χ1n) is 19.4. The minimum atomic E-state index is 1.11. The van der Waals surface area contributed by atoms with E-state index in [0.29, 0.717) is 0 Å². The van der Waals surface area contributed by atoms with Crippen molar-refractivity contribution in [2.75, 3.05) is 4.90 Å². The standard InChI is InChI=1S/C54H36N2S/c1-3-15-37(16-4-1)38-27-29-39(30-28-38)48-35-40(43-19-7-11-23-49(43)56-50-24-12-8-20-44(50)45-21-9-13-25-51(45)56)31-34-52(48)55(41-17-5-2-6-18-41)42-32-33-47-46-22-10-14-26-53(46)57-54(47)36-42/h1-36H. The number of para-hydroxylation sites is 4. The van der Waals surface area contributed by atoms with E-state index in [0.717, 1.165) is 39.4 Å². The largest absolute Gasteiger partial charge is 0.310 e. The van der Waals surface area contributed by atoms with Crippen LogP contribution in [-0.4, -0.2) is 4.57 Å². The molecule has 0 radical (unpaired) electrons. The van der Waals surface area contributed by atoms with Crippen LogP contribution in [0.15, 0.2) is 218 Å². The highest BCUT2D eigenvalue weighted by Gasteiger charge is 2.21. The zero-order valence-corrected chi connectivity index (χ0v) is 31.9. The van der Waals surface area contributed by atoms with Crippen molar-refractivity contribution in [2.24, 2.45) is 0 Å². The van der Waals surface area contributed by atoms with Crippen molar-refractivity contribution in [1.82, 2.24) is 4.57 Å². The summed E-state index contributed by atoms with van der Waals surface area (Å²) < 4.78 is 5.01. The summed E-state index contributed by atoms with van der Waals surface area (Å²) in [6.45, 7) is 0. The van der Waals surface area contributed by atoms with Crippen LogP contribution in [0.3, 0.4) is 0 Å². The second-order valence-electron chi connectivity index (χ2n) is 14.5. The number of benzene rings is 9. The van der Waals surface area contributed by atoms with E-state index in [-0.39, 0.29) is 0 Å². The van der Waals surface area contributed by atoms with Gasteiger partial charge in [-0.3, -0.25) is 0 Å². The molecule has 0 aliphatic rings. The van der Waals surface area contributed by atoms with Crippen molar-refractivity contribution in [3.8, 4) is 39.1 Å². The second kappa shape index (κ2) is 13.8. The van der Waals surface area contributed by atoms with Gasteiger partial charge in [0.05, 0.1) is 22.4 Å². The van der Waals surface area contributed by atoms with Gasteiger partial charge in [-0.15, -0.1) is 11.3 Å². The average Bonchev–Trinajstić information content (AvgIpc) is 3.83. The first-order chi connectivity index (χ1) is 28.3. The summed E-state index contributed by atoms with van der Waals surface area (Å²) in [6.07, 6.45) is 0. The number of hydrogen-bond donors (Lipinski definition) is 0. The van der Waals surface area contributed by atoms with Gasteiger partial charge in [0.1, 0.15) is 0 Å². The molecule has 3 heteroatoms. The molecule has 268 valence electrons. The molecule has 11 aromatic rings. The second-order valence-corrected chi connectivity index (χ2v) is 15.6. The molecule has 0 bridgehead atoms. The Hall–Kier alpha value is -7.20. The Bertz CT molecular complexity index is 3180. The molecular formula is C54H36N2S. The highest BCUT2D eigenvalue weighted by Crippen LogP contribution is 2.46. The van der Waals surface area contributed by atoms with Gasteiger partial charge in [0.25, 0.3) is 0 Å². The maximum Gasteiger partial charge on any atom is 0.0541 e. The third kappa shape index (κ3) is 5.71. The third-order valence-corrected chi connectivity index (χ3v) is 12.3. The van der Waals surface area contributed by atoms with Crippen LogP contribution in [0.25, 0.3) is 81.0 Å². The molecule has 0 spiro atoms. The highest BCUT2D eigenvalue weighted by molar-refractivity contribution is 7.25. The van der Waals surface area contributed by atoms with Crippen molar-refractivity contribution in [3.05, 3.63) is 218 Å². The molecule has 0 saturated carbocycles. The highest BCUT2D eigenvalue weighted by atomic mass is 32.1. The molecular weight excluding hydrogens is 709 g/mol. The van der Waals surface area contributed by atoms with E-state index in [1.54, 1.807) is 0 Å². The van der Waals surface area contributed by atoms with Crippen LogP contribution < -0.4 is 4.90 Å². The molecule has 0 unspecified atom stereocenters. The third-order valence-electron chi connectivity index (χ3n) is 11.2. The van der Waals surface area contributed by atoms with E-state index < -0.39 is 0 Å². The first kappa shape index (κ1) is 33.2.